The molecule has 0 bridgehead atoms. The van der Waals surface area contributed by atoms with Gasteiger partial charge in [0.05, 0.1) is 6.26 Å². The normalized spacial score (nSPS) is 10.4. The second-order valence-corrected chi connectivity index (χ2v) is 6.26. The third-order valence-electron chi connectivity index (χ3n) is 4.18. The Morgan fingerprint density at radius 1 is 0.852 bits per heavy atom. The lowest BCUT2D eigenvalue weighted by molar-refractivity contribution is 0.0995. The van der Waals surface area contributed by atoms with Crippen molar-refractivity contribution in [3.63, 3.8) is 0 Å². The summed E-state index contributed by atoms with van der Waals surface area (Å²) in [5, 5.41) is 5.60. The van der Waals surface area contributed by atoms with Gasteiger partial charge in [-0.3, -0.25) is 9.59 Å². The highest BCUT2D eigenvalue weighted by atomic mass is 16.3. The molecule has 27 heavy (non-hydrogen) atoms. The van der Waals surface area contributed by atoms with Gasteiger partial charge in [-0.2, -0.15) is 0 Å². The largest absolute Gasteiger partial charge is 0.459 e. The Bertz CT molecular complexity index is 882. The van der Waals surface area contributed by atoms with E-state index in [0.29, 0.717) is 11.3 Å². The maximum absolute atomic E-state index is 12.4. The molecule has 0 aliphatic carbocycles. The molecular formula is C22H22N2O3. The summed E-state index contributed by atoms with van der Waals surface area (Å²) < 4.78 is 5.05. The predicted octanol–water partition coefficient (Wildman–Crippen LogP) is 5.13. The fraction of sp³-hybridized carbons (Fsp3) is 0.182. The second-order valence-electron chi connectivity index (χ2n) is 6.26. The molecule has 0 atom stereocenters. The Morgan fingerprint density at radius 3 is 2.07 bits per heavy atom. The van der Waals surface area contributed by atoms with Crippen LogP contribution in [0.15, 0.2) is 71.3 Å². The van der Waals surface area contributed by atoms with Crippen LogP contribution in [0.25, 0.3) is 0 Å². The molecule has 0 fully saturated rings. The lowest BCUT2D eigenvalue weighted by Gasteiger charge is -2.08. The lowest BCUT2D eigenvalue weighted by Crippen LogP contribution is -2.13. The average Bonchev–Trinajstić information content (AvgIpc) is 3.23. The monoisotopic (exact) mass is 362 g/mol. The van der Waals surface area contributed by atoms with E-state index in [2.05, 4.69) is 17.6 Å². The van der Waals surface area contributed by atoms with E-state index in [1.807, 2.05) is 24.3 Å². The van der Waals surface area contributed by atoms with Gasteiger partial charge in [0, 0.05) is 16.9 Å². The van der Waals surface area contributed by atoms with E-state index in [4.69, 9.17) is 4.42 Å². The van der Waals surface area contributed by atoms with Crippen molar-refractivity contribution >= 4 is 23.2 Å². The zero-order valence-corrected chi connectivity index (χ0v) is 15.2. The highest BCUT2D eigenvalue weighted by Gasteiger charge is 2.10. The number of carbonyl (C=O) groups excluding carboxylic acids is 2. The Labute approximate surface area is 158 Å². The molecule has 0 aliphatic heterocycles. The highest BCUT2D eigenvalue weighted by molar-refractivity contribution is 6.05. The molecule has 0 saturated heterocycles. The van der Waals surface area contributed by atoms with Gasteiger partial charge in [0.25, 0.3) is 11.8 Å². The topological polar surface area (TPSA) is 71.3 Å². The van der Waals surface area contributed by atoms with Crippen LogP contribution in [0, 0.1) is 0 Å². The van der Waals surface area contributed by atoms with Crippen LogP contribution in [0.5, 0.6) is 0 Å². The Morgan fingerprint density at radius 2 is 1.48 bits per heavy atom. The Kier molecular flexibility index (Phi) is 6.05. The van der Waals surface area contributed by atoms with Gasteiger partial charge in [-0.25, -0.2) is 0 Å². The van der Waals surface area contributed by atoms with Crippen molar-refractivity contribution in [2.45, 2.75) is 26.2 Å². The molecule has 0 aliphatic rings. The van der Waals surface area contributed by atoms with Gasteiger partial charge in [-0.1, -0.05) is 25.5 Å². The van der Waals surface area contributed by atoms with E-state index in [1.165, 1.54) is 11.8 Å². The highest BCUT2D eigenvalue weighted by Crippen LogP contribution is 2.15. The number of hydrogen-bond acceptors (Lipinski definition) is 3. The molecule has 5 heteroatoms. The first-order valence-electron chi connectivity index (χ1n) is 9.01. The number of benzene rings is 2. The van der Waals surface area contributed by atoms with Crippen molar-refractivity contribution < 1.29 is 14.0 Å². The van der Waals surface area contributed by atoms with Gasteiger partial charge < -0.3 is 15.1 Å². The van der Waals surface area contributed by atoms with Crippen LogP contribution in [0.4, 0.5) is 11.4 Å². The van der Waals surface area contributed by atoms with E-state index in [9.17, 15) is 9.59 Å². The zero-order chi connectivity index (χ0) is 19.1. The van der Waals surface area contributed by atoms with Crippen LogP contribution in [0.1, 0.15) is 46.2 Å². The maximum Gasteiger partial charge on any atom is 0.291 e. The summed E-state index contributed by atoms with van der Waals surface area (Å²) in [6.07, 6.45) is 4.82. The fourth-order valence-corrected chi connectivity index (χ4v) is 2.64. The quantitative estimate of drug-likeness (QED) is 0.612. The number of aryl methyl sites for hydroxylation is 1. The van der Waals surface area contributed by atoms with E-state index >= 15 is 0 Å². The number of rotatable bonds is 7. The minimum absolute atomic E-state index is 0.194. The molecule has 1 heterocycles. The third-order valence-corrected chi connectivity index (χ3v) is 4.18. The smallest absolute Gasteiger partial charge is 0.291 e. The first-order chi connectivity index (χ1) is 13.2. The van der Waals surface area contributed by atoms with Crippen molar-refractivity contribution in [3.05, 3.63) is 83.8 Å². The molecule has 5 nitrogen and oxygen atoms in total. The summed E-state index contributed by atoms with van der Waals surface area (Å²) in [7, 11) is 0. The first-order valence-corrected chi connectivity index (χ1v) is 9.01. The third kappa shape index (κ3) is 5.07. The first kappa shape index (κ1) is 18.5. The summed E-state index contributed by atoms with van der Waals surface area (Å²) in [5.41, 5.74) is 3.14. The van der Waals surface area contributed by atoms with Crippen LogP contribution >= 0.6 is 0 Å². The molecule has 138 valence electrons. The second kappa shape index (κ2) is 8.85. The zero-order valence-electron chi connectivity index (χ0n) is 15.2. The summed E-state index contributed by atoms with van der Waals surface area (Å²) >= 11 is 0. The minimum atomic E-state index is -0.333. The number of hydrogen-bond donors (Lipinski definition) is 2. The molecule has 2 N–H and O–H groups in total. The van der Waals surface area contributed by atoms with E-state index < -0.39 is 0 Å². The SMILES string of the molecule is CCCCc1ccc(NC(=O)c2ccc(NC(=O)c3ccco3)cc2)cc1. The fourth-order valence-electron chi connectivity index (χ4n) is 2.64. The number of unbranched alkanes of at least 4 members (excludes halogenated alkanes) is 1. The van der Waals surface area contributed by atoms with Crippen LogP contribution in [0.2, 0.25) is 0 Å². The number of amides is 2. The summed E-state index contributed by atoms with van der Waals surface area (Å²) in [6, 6.07) is 17.9. The van der Waals surface area contributed by atoms with Crippen LogP contribution in [0.3, 0.4) is 0 Å². The van der Waals surface area contributed by atoms with Crippen molar-refractivity contribution in [2.24, 2.45) is 0 Å². The number of nitrogens with one attached hydrogen (secondary N) is 2. The summed E-state index contributed by atoms with van der Waals surface area (Å²) in [4.78, 5) is 24.3. The Balaban J connectivity index is 1.58. The van der Waals surface area contributed by atoms with Crippen LogP contribution in [-0.4, -0.2) is 11.8 Å². The Hall–Kier alpha value is -3.34. The number of anilines is 2. The summed E-state index contributed by atoms with van der Waals surface area (Å²) in [5.74, 6) is -0.292. The lowest BCUT2D eigenvalue weighted by atomic mass is 10.1. The average molecular weight is 362 g/mol. The summed E-state index contributed by atoms with van der Waals surface area (Å²) in [6.45, 7) is 2.17. The van der Waals surface area contributed by atoms with Gasteiger partial charge in [0.1, 0.15) is 0 Å². The minimum Gasteiger partial charge on any atom is -0.459 e. The van der Waals surface area contributed by atoms with Crippen molar-refractivity contribution in [1.29, 1.82) is 0 Å². The van der Waals surface area contributed by atoms with Crippen LogP contribution < -0.4 is 10.6 Å². The van der Waals surface area contributed by atoms with Crippen LogP contribution in [-0.2, 0) is 6.42 Å². The molecule has 3 aromatic rings. The molecule has 2 aromatic carbocycles. The van der Waals surface area contributed by atoms with E-state index in [1.54, 1.807) is 36.4 Å². The standard InChI is InChI=1S/C22H22N2O3/c1-2-3-5-16-7-11-18(12-8-16)23-21(25)17-9-13-19(14-10-17)24-22(26)20-6-4-15-27-20/h4,6-15H,2-3,5H2,1H3,(H,23,25)(H,24,26). The molecule has 0 radical (unpaired) electrons. The van der Waals surface area contributed by atoms with Gasteiger partial charge in [0.2, 0.25) is 0 Å². The molecule has 0 unspecified atom stereocenters. The van der Waals surface area contributed by atoms with Crippen molar-refractivity contribution in [3.8, 4) is 0 Å². The number of carbonyl (C=O) groups is 2. The molecule has 3 rings (SSSR count). The van der Waals surface area contributed by atoms with E-state index in [-0.39, 0.29) is 17.6 Å². The molecular weight excluding hydrogens is 340 g/mol. The van der Waals surface area contributed by atoms with Gasteiger partial charge >= 0.3 is 0 Å². The molecule has 0 saturated carbocycles. The molecule has 2 amide bonds. The molecule has 1 aromatic heterocycles. The van der Waals surface area contributed by atoms with Gasteiger partial charge in [-0.15, -0.1) is 0 Å². The number of furan rings is 1. The molecule has 0 spiro atoms. The van der Waals surface area contributed by atoms with Gasteiger partial charge in [-0.05, 0) is 66.9 Å². The van der Waals surface area contributed by atoms with Gasteiger partial charge in [0.15, 0.2) is 5.76 Å². The van der Waals surface area contributed by atoms with Crippen molar-refractivity contribution in [1.82, 2.24) is 0 Å². The van der Waals surface area contributed by atoms with E-state index in [0.717, 1.165) is 24.9 Å². The van der Waals surface area contributed by atoms with Crippen molar-refractivity contribution in [2.75, 3.05) is 10.6 Å². The maximum atomic E-state index is 12.4. The predicted molar refractivity (Wildman–Crippen MR) is 106 cm³/mol.